The number of rotatable bonds is 1. The standard InChI is InChI=1S/C20H22F3N3O/c1-12-8-18(16-7-6-14(20(21,22)23)9-17(16)24-12)26-10-13-4-3-5-15(11-26)25(2)19(13)27/h6-9,13,15H,3-5,10-11H2,1-2H3/t13-,15+/m1/s1. The average molecular weight is 377 g/mol. The second-order valence-corrected chi connectivity index (χ2v) is 7.65. The molecule has 0 N–H and O–H groups in total. The van der Waals surface area contributed by atoms with E-state index in [0.717, 1.165) is 37.1 Å². The molecule has 0 aliphatic carbocycles. The van der Waals surface area contributed by atoms with Crippen molar-refractivity contribution in [1.29, 1.82) is 0 Å². The molecule has 4 nitrogen and oxygen atoms in total. The van der Waals surface area contributed by atoms with Crippen LogP contribution in [0.2, 0.25) is 0 Å². The van der Waals surface area contributed by atoms with E-state index in [0.29, 0.717) is 29.7 Å². The molecule has 0 unspecified atom stereocenters. The van der Waals surface area contributed by atoms with Gasteiger partial charge in [0, 0.05) is 42.9 Å². The number of anilines is 1. The molecule has 2 aliphatic heterocycles. The Morgan fingerprint density at radius 3 is 2.67 bits per heavy atom. The van der Waals surface area contributed by atoms with Crippen LogP contribution in [0, 0.1) is 12.8 Å². The molecule has 2 aliphatic rings. The molecule has 0 saturated carbocycles. The van der Waals surface area contributed by atoms with Crippen LogP contribution in [0.1, 0.15) is 30.5 Å². The van der Waals surface area contributed by atoms with Gasteiger partial charge in [-0.2, -0.15) is 13.2 Å². The zero-order chi connectivity index (χ0) is 19.3. The summed E-state index contributed by atoms with van der Waals surface area (Å²) >= 11 is 0. The highest BCUT2D eigenvalue weighted by atomic mass is 19.4. The number of hydrogen-bond donors (Lipinski definition) is 0. The Bertz CT molecular complexity index is 896. The molecular weight excluding hydrogens is 355 g/mol. The van der Waals surface area contributed by atoms with Crippen molar-refractivity contribution in [3.8, 4) is 0 Å². The summed E-state index contributed by atoms with van der Waals surface area (Å²) in [6.45, 7) is 3.08. The summed E-state index contributed by atoms with van der Waals surface area (Å²) in [6.07, 6.45) is -1.55. The third-order valence-corrected chi connectivity index (χ3v) is 5.79. The van der Waals surface area contributed by atoms with Crippen LogP contribution in [-0.2, 0) is 11.0 Å². The van der Waals surface area contributed by atoms with E-state index < -0.39 is 11.7 Å². The van der Waals surface area contributed by atoms with Crippen molar-refractivity contribution < 1.29 is 18.0 Å². The Morgan fingerprint density at radius 1 is 1.15 bits per heavy atom. The molecule has 1 amide bonds. The van der Waals surface area contributed by atoms with E-state index in [1.54, 1.807) is 6.92 Å². The van der Waals surface area contributed by atoms with Gasteiger partial charge in [-0.3, -0.25) is 9.78 Å². The number of fused-ring (bicyclic) bond motifs is 4. The second-order valence-electron chi connectivity index (χ2n) is 7.65. The van der Waals surface area contributed by atoms with Crippen LogP contribution in [0.3, 0.4) is 0 Å². The first-order chi connectivity index (χ1) is 12.7. The Hall–Kier alpha value is -2.31. The molecular formula is C20H22F3N3O. The number of alkyl halides is 3. The number of likely N-dealkylation sites (N-methyl/N-ethyl adjacent to an activating group) is 1. The van der Waals surface area contributed by atoms with E-state index in [1.165, 1.54) is 6.07 Å². The Kier molecular flexibility index (Phi) is 4.28. The van der Waals surface area contributed by atoms with Crippen LogP contribution < -0.4 is 4.90 Å². The fourth-order valence-corrected chi connectivity index (χ4v) is 4.34. The number of carbonyl (C=O) groups is 1. The zero-order valence-corrected chi connectivity index (χ0v) is 15.4. The SMILES string of the molecule is Cc1cc(N2C[C@H]3CCC[C@@H](C2)N(C)C3=O)c2ccc(C(F)(F)F)cc2n1. The largest absolute Gasteiger partial charge is 0.416 e. The third kappa shape index (κ3) is 3.24. The molecule has 4 rings (SSSR count). The number of amides is 1. The lowest BCUT2D eigenvalue weighted by atomic mass is 9.98. The number of hydrogen-bond acceptors (Lipinski definition) is 3. The van der Waals surface area contributed by atoms with Crippen LogP contribution >= 0.6 is 0 Å². The number of carbonyl (C=O) groups excluding carboxylic acids is 1. The van der Waals surface area contributed by atoms with E-state index in [2.05, 4.69) is 9.88 Å². The molecule has 2 bridgehead atoms. The van der Waals surface area contributed by atoms with E-state index in [1.807, 2.05) is 18.0 Å². The first-order valence-corrected chi connectivity index (χ1v) is 9.24. The Morgan fingerprint density at radius 2 is 1.93 bits per heavy atom. The maximum atomic E-state index is 13.1. The molecule has 0 spiro atoms. The first kappa shape index (κ1) is 18.1. The molecule has 1 aromatic heterocycles. The minimum absolute atomic E-state index is 0.0690. The van der Waals surface area contributed by atoms with Gasteiger partial charge in [-0.15, -0.1) is 0 Å². The van der Waals surface area contributed by atoms with Crippen molar-refractivity contribution in [3.63, 3.8) is 0 Å². The highest BCUT2D eigenvalue weighted by Gasteiger charge is 2.37. The number of benzene rings is 1. The summed E-state index contributed by atoms with van der Waals surface area (Å²) in [7, 11) is 1.86. The highest BCUT2D eigenvalue weighted by molar-refractivity contribution is 5.93. The monoisotopic (exact) mass is 377 g/mol. The summed E-state index contributed by atoms with van der Waals surface area (Å²) in [5, 5.41) is 0.698. The number of aromatic nitrogens is 1. The van der Waals surface area contributed by atoms with Crippen LogP contribution in [0.4, 0.5) is 18.9 Å². The molecule has 144 valence electrons. The number of aryl methyl sites for hydroxylation is 1. The average Bonchev–Trinajstić information content (AvgIpc) is 2.78. The fourth-order valence-electron chi connectivity index (χ4n) is 4.34. The summed E-state index contributed by atoms with van der Waals surface area (Å²) in [5.74, 6) is 0.106. The van der Waals surface area contributed by atoms with Crippen molar-refractivity contribution in [1.82, 2.24) is 9.88 Å². The number of halogens is 3. The third-order valence-electron chi connectivity index (χ3n) is 5.79. The van der Waals surface area contributed by atoms with Crippen LogP contribution in [0.25, 0.3) is 10.9 Å². The molecule has 2 fully saturated rings. The van der Waals surface area contributed by atoms with Gasteiger partial charge in [-0.1, -0.05) is 12.5 Å². The van der Waals surface area contributed by atoms with E-state index in [-0.39, 0.29) is 17.9 Å². The normalized spacial score (nSPS) is 23.7. The smallest absolute Gasteiger partial charge is 0.368 e. The topological polar surface area (TPSA) is 36.4 Å². The number of nitrogens with zero attached hydrogens (tertiary/aromatic N) is 3. The van der Waals surface area contributed by atoms with E-state index >= 15 is 0 Å². The predicted octanol–water partition coefficient (Wildman–Crippen LogP) is 4.01. The van der Waals surface area contributed by atoms with Gasteiger partial charge in [0.15, 0.2) is 0 Å². The summed E-state index contributed by atoms with van der Waals surface area (Å²) < 4.78 is 39.3. The van der Waals surface area contributed by atoms with Crippen molar-refractivity contribution in [2.75, 3.05) is 25.0 Å². The summed E-state index contributed by atoms with van der Waals surface area (Å²) in [4.78, 5) is 21.0. The second kappa shape index (κ2) is 6.39. The molecule has 3 heterocycles. The highest BCUT2D eigenvalue weighted by Crippen LogP contribution is 2.36. The molecule has 2 aromatic rings. The van der Waals surface area contributed by atoms with Crippen molar-refractivity contribution in [2.24, 2.45) is 5.92 Å². The Balaban J connectivity index is 1.80. The predicted molar refractivity (Wildman–Crippen MR) is 97.6 cm³/mol. The minimum atomic E-state index is -4.39. The van der Waals surface area contributed by atoms with Gasteiger partial charge in [-0.05, 0) is 38.0 Å². The van der Waals surface area contributed by atoms with E-state index in [4.69, 9.17) is 0 Å². The quantitative estimate of drug-likeness (QED) is 0.754. The molecule has 27 heavy (non-hydrogen) atoms. The first-order valence-electron chi connectivity index (χ1n) is 9.24. The van der Waals surface area contributed by atoms with Gasteiger partial charge in [0.05, 0.1) is 17.0 Å². The molecule has 0 radical (unpaired) electrons. The van der Waals surface area contributed by atoms with Gasteiger partial charge in [0.2, 0.25) is 5.91 Å². The zero-order valence-electron chi connectivity index (χ0n) is 15.4. The van der Waals surface area contributed by atoms with Crippen molar-refractivity contribution in [3.05, 3.63) is 35.5 Å². The molecule has 2 atom stereocenters. The summed E-state index contributed by atoms with van der Waals surface area (Å²) in [5.41, 5.74) is 1.19. The number of pyridine rings is 1. The minimum Gasteiger partial charge on any atom is -0.368 e. The van der Waals surface area contributed by atoms with Crippen molar-refractivity contribution in [2.45, 2.75) is 38.4 Å². The van der Waals surface area contributed by atoms with Gasteiger partial charge in [-0.25, -0.2) is 0 Å². The van der Waals surface area contributed by atoms with Crippen LogP contribution in [-0.4, -0.2) is 42.0 Å². The molecule has 2 saturated heterocycles. The van der Waals surface area contributed by atoms with Gasteiger partial charge in [0.1, 0.15) is 0 Å². The maximum Gasteiger partial charge on any atom is 0.416 e. The van der Waals surface area contributed by atoms with Gasteiger partial charge >= 0.3 is 6.18 Å². The van der Waals surface area contributed by atoms with Gasteiger partial charge < -0.3 is 9.80 Å². The van der Waals surface area contributed by atoms with Crippen LogP contribution in [0.5, 0.6) is 0 Å². The van der Waals surface area contributed by atoms with Crippen molar-refractivity contribution >= 4 is 22.5 Å². The maximum absolute atomic E-state index is 13.1. The lowest BCUT2D eigenvalue weighted by molar-refractivity contribution is -0.137. The lowest BCUT2D eigenvalue weighted by Crippen LogP contribution is -2.40. The van der Waals surface area contributed by atoms with Crippen LogP contribution in [0.15, 0.2) is 24.3 Å². The molecule has 1 aromatic carbocycles. The fraction of sp³-hybridized carbons (Fsp3) is 0.500. The summed E-state index contributed by atoms with van der Waals surface area (Å²) in [6, 6.07) is 5.77. The Labute approximate surface area is 156 Å². The lowest BCUT2D eigenvalue weighted by Gasteiger charge is -2.32. The van der Waals surface area contributed by atoms with Gasteiger partial charge in [0.25, 0.3) is 0 Å². The molecule has 7 heteroatoms. The van der Waals surface area contributed by atoms with E-state index in [9.17, 15) is 18.0 Å².